The van der Waals surface area contributed by atoms with Crippen LogP contribution >= 0.6 is 23.2 Å². The van der Waals surface area contributed by atoms with E-state index in [-0.39, 0.29) is 5.41 Å². The summed E-state index contributed by atoms with van der Waals surface area (Å²) in [6.07, 6.45) is 1.92. The zero-order valence-corrected chi connectivity index (χ0v) is 12.2. The highest BCUT2D eigenvalue weighted by atomic mass is 35.5. The van der Waals surface area contributed by atoms with Gasteiger partial charge in [-0.3, -0.25) is 0 Å². The summed E-state index contributed by atoms with van der Waals surface area (Å²) in [5.41, 5.74) is 1.08. The van der Waals surface area contributed by atoms with Gasteiger partial charge in [-0.25, -0.2) is 0 Å². The average Bonchev–Trinajstić information content (AvgIpc) is 2.37. The monoisotopic (exact) mass is 287 g/mol. The van der Waals surface area contributed by atoms with Crippen LogP contribution in [-0.4, -0.2) is 26.3 Å². The van der Waals surface area contributed by atoms with Gasteiger partial charge >= 0.3 is 0 Å². The minimum absolute atomic E-state index is 0.00366. The summed E-state index contributed by atoms with van der Waals surface area (Å²) in [4.78, 5) is 0. The Kier molecular flexibility index (Phi) is 4.91. The predicted molar refractivity (Wildman–Crippen MR) is 76.7 cm³/mol. The lowest BCUT2D eigenvalue weighted by Crippen LogP contribution is -2.43. The highest BCUT2D eigenvalue weighted by molar-refractivity contribution is 6.36. The summed E-state index contributed by atoms with van der Waals surface area (Å²) in [6, 6.07) is 5.74. The van der Waals surface area contributed by atoms with Crippen molar-refractivity contribution < 1.29 is 4.74 Å². The molecular weight excluding hydrogens is 269 g/mol. The average molecular weight is 288 g/mol. The molecule has 1 aliphatic rings. The van der Waals surface area contributed by atoms with Crippen LogP contribution in [0.1, 0.15) is 25.3 Å². The van der Waals surface area contributed by atoms with Crippen molar-refractivity contribution >= 4 is 23.2 Å². The minimum Gasteiger partial charge on any atom is -0.381 e. The largest absolute Gasteiger partial charge is 0.381 e. The summed E-state index contributed by atoms with van der Waals surface area (Å²) in [7, 11) is 0. The number of nitrogens with one attached hydrogen (secondary N) is 1. The number of ether oxygens (including phenoxy) is 1. The molecule has 2 nitrogen and oxygen atoms in total. The molecule has 18 heavy (non-hydrogen) atoms. The number of hydrogen-bond acceptors (Lipinski definition) is 2. The summed E-state index contributed by atoms with van der Waals surface area (Å²) in [6.45, 7) is 5.50. The second kappa shape index (κ2) is 6.25. The normalized spacial score (nSPS) is 18.8. The van der Waals surface area contributed by atoms with Crippen molar-refractivity contribution in [2.24, 2.45) is 0 Å². The molecule has 1 fully saturated rings. The van der Waals surface area contributed by atoms with E-state index in [0.29, 0.717) is 0 Å². The smallest absolute Gasteiger partial charge is 0.0475 e. The molecule has 1 N–H and O–H groups in total. The van der Waals surface area contributed by atoms with Gasteiger partial charge in [0.05, 0.1) is 0 Å². The molecule has 0 radical (unpaired) electrons. The van der Waals surface area contributed by atoms with Crippen molar-refractivity contribution in [3.05, 3.63) is 33.8 Å². The number of benzene rings is 1. The van der Waals surface area contributed by atoms with Gasteiger partial charge in [-0.05, 0) is 37.1 Å². The molecule has 1 saturated heterocycles. The molecule has 0 bridgehead atoms. The van der Waals surface area contributed by atoms with Gasteiger partial charge in [-0.1, -0.05) is 36.2 Å². The molecule has 0 unspecified atom stereocenters. The van der Waals surface area contributed by atoms with Crippen molar-refractivity contribution in [2.45, 2.75) is 25.2 Å². The fraction of sp³-hybridized carbons (Fsp3) is 0.571. The van der Waals surface area contributed by atoms with Crippen LogP contribution in [0.5, 0.6) is 0 Å². The first-order valence-electron chi connectivity index (χ1n) is 6.42. The summed E-state index contributed by atoms with van der Waals surface area (Å²) in [5.74, 6) is 0. The first-order valence-corrected chi connectivity index (χ1v) is 7.18. The molecule has 1 aromatic carbocycles. The highest BCUT2D eigenvalue weighted by Gasteiger charge is 2.37. The number of rotatable bonds is 4. The molecule has 2 rings (SSSR count). The summed E-state index contributed by atoms with van der Waals surface area (Å²) in [5, 5.41) is 4.97. The quantitative estimate of drug-likeness (QED) is 0.913. The third kappa shape index (κ3) is 2.83. The standard InChI is InChI=1S/C14H19Cl2NO/c1-2-17-10-14(6-8-18-9-7-14)13-11(15)4-3-5-12(13)16/h3-5,17H,2,6-10H2,1H3. The Hall–Kier alpha value is -0.280. The van der Waals surface area contributed by atoms with Crippen LogP contribution in [0.25, 0.3) is 0 Å². The number of hydrogen-bond donors (Lipinski definition) is 1. The molecular formula is C14H19Cl2NO. The maximum atomic E-state index is 6.38. The van der Waals surface area contributed by atoms with E-state index < -0.39 is 0 Å². The molecule has 0 aliphatic carbocycles. The number of likely N-dealkylation sites (N-methyl/N-ethyl adjacent to an activating group) is 1. The van der Waals surface area contributed by atoms with Crippen LogP contribution in [-0.2, 0) is 10.2 Å². The van der Waals surface area contributed by atoms with Gasteiger partial charge in [0.2, 0.25) is 0 Å². The molecule has 4 heteroatoms. The van der Waals surface area contributed by atoms with E-state index in [2.05, 4.69) is 12.2 Å². The maximum Gasteiger partial charge on any atom is 0.0475 e. The molecule has 0 saturated carbocycles. The Balaban J connectivity index is 2.38. The summed E-state index contributed by atoms with van der Waals surface area (Å²) >= 11 is 12.8. The van der Waals surface area contributed by atoms with Crippen LogP contribution < -0.4 is 5.32 Å². The second-order valence-corrected chi connectivity index (χ2v) is 5.58. The number of halogens is 2. The van der Waals surface area contributed by atoms with Gasteiger partial charge in [0.25, 0.3) is 0 Å². The van der Waals surface area contributed by atoms with Crippen molar-refractivity contribution in [3.63, 3.8) is 0 Å². The van der Waals surface area contributed by atoms with Gasteiger partial charge in [0.15, 0.2) is 0 Å². The molecule has 0 aromatic heterocycles. The van der Waals surface area contributed by atoms with Crippen molar-refractivity contribution in [1.82, 2.24) is 5.32 Å². The van der Waals surface area contributed by atoms with Crippen molar-refractivity contribution in [2.75, 3.05) is 26.3 Å². The van der Waals surface area contributed by atoms with Crippen LogP contribution in [0.4, 0.5) is 0 Å². The van der Waals surface area contributed by atoms with E-state index in [0.717, 1.165) is 54.8 Å². The minimum atomic E-state index is 0.00366. The molecule has 1 aromatic rings. The summed E-state index contributed by atoms with van der Waals surface area (Å²) < 4.78 is 5.49. The van der Waals surface area contributed by atoms with Crippen molar-refractivity contribution in [3.8, 4) is 0 Å². The molecule has 1 aliphatic heterocycles. The maximum absolute atomic E-state index is 6.38. The van der Waals surface area contributed by atoms with Gasteiger partial charge in [-0.2, -0.15) is 0 Å². The fourth-order valence-electron chi connectivity index (χ4n) is 2.65. The molecule has 1 heterocycles. The molecule has 100 valence electrons. The van der Waals surface area contributed by atoms with Gasteiger partial charge < -0.3 is 10.1 Å². The zero-order valence-electron chi connectivity index (χ0n) is 10.6. The lowest BCUT2D eigenvalue weighted by molar-refractivity contribution is 0.0501. The van der Waals surface area contributed by atoms with Gasteiger partial charge in [-0.15, -0.1) is 0 Å². The van der Waals surface area contributed by atoms with Gasteiger partial charge in [0.1, 0.15) is 0 Å². The SMILES string of the molecule is CCNCC1(c2c(Cl)cccc2Cl)CCOCC1. The third-order valence-corrected chi connectivity index (χ3v) is 4.29. The van der Waals surface area contributed by atoms with Gasteiger partial charge in [0, 0.05) is 35.2 Å². The molecule has 0 spiro atoms. The Labute approximate surface area is 119 Å². The first kappa shape index (κ1) is 14.1. The second-order valence-electron chi connectivity index (χ2n) is 4.77. The zero-order chi connectivity index (χ0) is 13.0. The molecule has 0 amide bonds. The Bertz CT molecular complexity index is 383. The van der Waals surface area contributed by atoms with Crippen LogP contribution in [0.3, 0.4) is 0 Å². The third-order valence-electron chi connectivity index (χ3n) is 3.66. The van der Waals surface area contributed by atoms with E-state index in [1.807, 2.05) is 18.2 Å². The Morgan fingerprint density at radius 3 is 2.39 bits per heavy atom. The Morgan fingerprint density at radius 2 is 1.83 bits per heavy atom. The molecule has 0 atom stereocenters. The Morgan fingerprint density at radius 1 is 1.22 bits per heavy atom. The highest BCUT2D eigenvalue weighted by Crippen LogP contribution is 2.42. The van der Waals surface area contributed by atoms with Crippen LogP contribution in [0, 0.1) is 0 Å². The van der Waals surface area contributed by atoms with E-state index in [1.165, 1.54) is 0 Å². The van der Waals surface area contributed by atoms with Crippen LogP contribution in [0.15, 0.2) is 18.2 Å². The topological polar surface area (TPSA) is 21.3 Å². The van der Waals surface area contributed by atoms with E-state index in [4.69, 9.17) is 27.9 Å². The van der Waals surface area contributed by atoms with E-state index >= 15 is 0 Å². The lowest BCUT2D eigenvalue weighted by atomic mass is 9.74. The first-order chi connectivity index (χ1) is 8.69. The van der Waals surface area contributed by atoms with Crippen LogP contribution in [0.2, 0.25) is 10.0 Å². The van der Waals surface area contributed by atoms with Crippen molar-refractivity contribution in [1.29, 1.82) is 0 Å². The predicted octanol–water partition coefficient (Wildman–Crippen LogP) is 3.65. The van der Waals surface area contributed by atoms with E-state index in [1.54, 1.807) is 0 Å². The van der Waals surface area contributed by atoms with E-state index in [9.17, 15) is 0 Å². The lowest BCUT2D eigenvalue weighted by Gasteiger charge is -2.39. The fourth-order valence-corrected chi connectivity index (χ4v) is 3.44.